The molecular formula is C22H21NO6. The van der Waals surface area contributed by atoms with Gasteiger partial charge in [-0.15, -0.1) is 0 Å². The molecule has 2 aromatic rings. The van der Waals surface area contributed by atoms with Gasteiger partial charge in [0.15, 0.2) is 0 Å². The highest BCUT2D eigenvalue weighted by Gasteiger charge is 2.40. The first kappa shape index (κ1) is 19.0. The van der Waals surface area contributed by atoms with Crippen LogP contribution < -0.4 is 0 Å². The monoisotopic (exact) mass is 395 g/mol. The Labute approximate surface area is 167 Å². The zero-order valence-electron chi connectivity index (χ0n) is 15.7. The highest BCUT2D eigenvalue weighted by atomic mass is 16.6. The predicted molar refractivity (Wildman–Crippen MR) is 104 cm³/mol. The van der Waals surface area contributed by atoms with Crippen molar-refractivity contribution in [1.29, 1.82) is 0 Å². The topological polar surface area (TPSA) is 104 Å². The maximum absolute atomic E-state index is 12.7. The van der Waals surface area contributed by atoms with Crippen LogP contribution in [0.2, 0.25) is 0 Å². The number of rotatable bonds is 4. The molecule has 4 rings (SSSR count). The Bertz CT molecular complexity index is 926. The summed E-state index contributed by atoms with van der Waals surface area (Å²) in [5.41, 5.74) is 4.30. The molecule has 29 heavy (non-hydrogen) atoms. The Balaban J connectivity index is 1.53. The van der Waals surface area contributed by atoms with Crippen LogP contribution in [0.3, 0.4) is 0 Å². The Morgan fingerprint density at radius 3 is 2.03 bits per heavy atom. The third-order valence-corrected chi connectivity index (χ3v) is 5.79. The average molecular weight is 395 g/mol. The summed E-state index contributed by atoms with van der Waals surface area (Å²) in [7, 11) is 0. The molecule has 7 nitrogen and oxygen atoms in total. The number of hydrogen-bond donors (Lipinski definition) is 2. The van der Waals surface area contributed by atoms with Gasteiger partial charge in [0.2, 0.25) is 0 Å². The van der Waals surface area contributed by atoms with E-state index in [1.165, 1.54) is 0 Å². The highest BCUT2D eigenvalue weighted by Crippen LogP contribution is 2.44. The second-order valence-corrected chi connectivity index (χ2v) is 7.42. The number of carboxylic acids is 2. The number of piperidine rings is 1. The van der Waals surface area contributed by atoms with Gasteiger partial charge in [0.05, 0.1) is 5.92 Å². The van der Waals surface area contributed by atoms with Gasteiger partial charge < -0.3 is 14.9 Å². The lowest BCUT2D eigenvalue weighted by molar-refractivity contribution is -0.150. The second kappa shape index (κ2) is 7.58. The number of carboxylic acid groups (broad SMARTS) is 2. The Hall–Kier alpha value is -3.35. The maximum Gasteiger partial charge on any atom is 0.410 e. The summed E-state index contributed by atoms with van der Waals surface area (Å²) in [5, 5.41) is 18.7. The molecule has 1 fully saturated rings. The molecule has 2 aromatic carbocycles. The van der Waals surface area contributed by atoms with E-state index in [9.17, 15) is 24.6 Å². The van der Waals surface area contributed by atoms with E-state index in [2.05, 4.69) is 0 Å². The molecule has 1 heterocycles. The van der Waals surface area contributed by atoms with Crippen LogP contribution in [0.5, 0.6) is 0 Å². The van der Waals surface area contributed by atoms with Gasteiger partial charge in [-0.2, -0.15) is 0 Å². The van der Waals surface area contributed by atoms with Gasteiger partial charge >= 0.3 is 18.0 Å². The number of nitrogens with zero attached hydrogens (tertiary/aromatic N) is 1. The summed E-state index contributed by atoms with van der Waals surface area (Å²) < 4.78 is 5.52. The third-order valence-electron chi connectivity index (χ3n) is 5.79. The van der Waals surface area contributed by atoms with Crippen LogP contribution in [-0.2, 0) is 14.3 Å². The fourth-order valence-electron chi connectivity index (χ4n) is 4.31. The number of carbonyl (C=O) groups is 3. The molecule has 0 aromatic heterocycles. The van der Waals surface area contributed by atoms with Crippen molar-refractivity contribution in [2.45, 2.75) is 24.8 Å². The standard InChI is InChI=1S/C22H21NO6/c24-20(25)13-9-10-19(21(26)27)23(11-13)22(28)29-12-18-16-7-3-1-5-14(16)15-6-2-4-8-17(15)18/h1-8,13,18-19H,9-12H2,(H,24,25)(H,26,27)/t13-,19-/m1/s1. The fourth-order valence-corrected chi connectivity index (χ4v) is 4.31. The van der Waals surface area contributed by atoms with Crippen molar-refractivity contribution in [3.63, 3.8) is 0 Å². The van der Waals surface area contributed by atoms with E-state index in [4.69, 9.17) is 4.74 Å². The van der Waals surface area contributed by atoms with Gasteiger partial charge in [0.1, 0.15) is 12.6 Å². The zero-order chi connectivity index (χ0) is 20.5. The van der Waals surface area contributed by atoms with E-state index < -0.39 is 30.0 Å². The number of amides is 1. The Morgan fingerprint density at radius 2 is 1.48 bits per heavy atom. The van der Waals surface area contributed by atoms with Gasteiger partial charge in [-0.25, -0.2) is 9.59 Å². The van der Waals surface area contributed by atoms with Crippen LogP contribution in [0.25, 0.3) is 11.1 Å². The van der Waals surface area contributed by atoms with E-state index >= 15 is 0 Å². The Kier molecular flexibility index (Phi) is 4.96. The minimum absolute atomic E-state index is 0.0629. The average Bonchev–Trinajstić information content (AvgIpc) is 3.05. The van der Waals surface area contributed by atoms with Crippen LogP contribution in [0.1, 0.15) is 29.9 Å². The predicted octanol–water partition coefficient (Wildman–Crippen LogP) is 3.19. The lowest BCUT2D eigenvalue weighted by atomic mass is 9.93. The summed E-state index contributed by atoms with van der Waals surface area (Å²) in [6, 6.07) is 14.8. The van der Waals surface area contributed by atoms with Crippen molar-refractivity contribution >= 4 is 18.0 Å². The molecule has 2 aliphatic rings. The van der Waals surface area contributed by atoms with Crippen LogP contribution in [-0.4, -0.2) is 52.3 Å². The number of likely N-dealkylation sites (tertiary alicyclic amines) is 1. The number of aliphatic carboxylic acids is 2. The molecule has 2 N–H and O–H groups in total. The number of fused-ring (bicyclic) bond motifs is 3. The maximum atomic E-state index is 12.7. The van der Waals surface area contributed by atoms with Gasteiger partial charge in [0, 0.05) is 12.5 Å². The van der Waals surface area contributed by atoms with Crippen molar-refractivity contribution in [1.82, 2.24) is 4.90 Å². The Morgan fingerprint density at radius 1 is 0.897 bits per heavy atom. The quantitative estimate of drug-likeness (QED) is 0.824. The number of hydrogen-bond acceptors (Lipinski definition) is 4. The molecule has 7 heteroatoms. The minimum atomic E-state index is -1.15. The minimum Gasteiger partial charge on any atom is -0.481 e. The first-order valence-corrected chi connectivity index (χ1v) is 9.54. The van der Waals surface area contributed by atoms with Crippen molar-refractivity contribution in [3.05, 3.63) is 59.7 Å². The molecule has 2 atom stereocenters. The molecule has 0 bridgehead atoms. The second-order valence-electron chi connectivity index (χ2n) is 7.42. The van der Waals surface area contributed by atoms with E-state index in [1.54, 1.807) is 0 Å². The van der Waals surface area contributed by atoms with Crippen molar-refractivity contribution < 1.29 is 29.3 Å². The summed E-state index contributed by atoms with van der Waals surface area (Å²) in [5.74, 6) is -3.12. The largest absolute Gasteiger partial charge is 0.481 e. The van der Waals surface area contributed by atoms with Crippen molar-refractivity contribution in [2.75, 3.05) is 13.2 Å². The summed E-state index contributed by atoms with van der Waals surface area (Å²) in [6.45, 7) is -0.101. The molecule has 1 aliphatic heterocycles. The van der Waals surface area contributed by atoms with Gasteiger partial charge in [-0.3, -0.25) is 9.69 Å². The lowest BCUT2D eigenvalue weighted by Crippen LogP contribution is -2.52. The molecule has 0 saturated carbocycles. The van der Waals surface area contributed by atoms with Crippen LogP contribution >= 0.6 is 0 Å². The van der Waals surface area contributed by atoms with E-state index in [0.717, 1.165) is 27.2 Å². The van der Waals surface area contributed by atoms with Crippen LogP contribution in [0.4, 0.5) is 4.79 Å². The molecule has 0 unspecified atom stereocenters. The van der Waals surface area contributed by atoms with E-state index in [-0.39, 0.29) is 31.9 Å². The SMILES string of the molecule is O=C(O)[C@@H]1CC[C@H](C(=O)O)N(C(=O)OCC2c3ccccc3-c3ccccc32)C1. The molecule has 0 radical (unpaired) electrons. The van der Waals surface area contributed by atoms with Crippen molar-refractivity contribution in [3.8, 4) is 11.1 Å². The summed E-state index contributed by atoms with van der Waals surface area (Å²) in [4.78, 5) is 36.6. The zero-order valence-corrected chi connectivity index (χ0v) is 15.7. The van der Waals surface area contributed by atoms with Crippen LogP contribution in [0.15, 0.2) is 48.5 Å². The molecule has 0 spiro atoms. The van der Waals surface area contributed by atoms with Gasteiger partial charge in [0.25, 0.3) is 0 Å². The smallest absolute Gasteiger partial charge is 0.410 e. The molecule has 1 saturated heterocycles. The first-order valence-electron chi connectivity index (χ1n) is 9.54. The number of benzene rings is 2. The van der Waals surface area contributed by atoms with Gasteiger partial charge in [-0.1, -0.05) is 48.5 Å². The lowest BCUT2D eigenvalue weighted by Gasteiger charge is -2.35. The molecule has 150 valence electrons. The number of ether oxygens (including phenoxy) is 1. The molecule has 1 aliphatic carbocycles. The highest BCUT2D eigenvalue weighted by molar-refractivity contribution is 5.82. The third kappa shape index (κ3) is 3.44. The number of carbonyl (C=O) groups excluding carboxylic acids is 1. The summed E-state index contributed by atoms with van der Waals surface area (Å²) in [6.07, 6.45) is -0.471. The van der Waals surface area contributed by atoms with Gasteiger partial charge in [-0.05, 0) is 35.1 Å². The molecular weight excluding hydrogens is 374 g/mol. The van der Waals surface area contributed by atoms with Crippen molar-refractivity contribution in [2.24, 2.45) is 5.92 Å². The van der Waals surface area contributed by atoms with Crippen LogP contribution in [0, 0.1) is 5.92 Å². The normalized spacial score (nSPS) is 20.6. The molecule has 1 amide bonds. The van der Waals surface area contributed by atoms with E-state index in [1.807, 2.05) is 48.5 Å². The first-order chi connectivity index (χ1) is 14.0. The van der Waals surface area contributed by atoms with E-state index in [0.29, 0.717) is 0 Å². The fraction of sp³-hybridized carbons (Fsp3) is 0.318. The summed E-state index contributed by atoms with van der Waals surface area (Å²) >= 11 is 0.